The van der Waals surface area contributed by atoms with Crippen LogP contribution in [0.25, 0.3) is 100 Å². The normalized spacial score (nSPS) is 17.7. The maximum absolute atomic E-state index is 2.79. The Balaban J connectivity index is 0.847. The van der Waals surface area contributed by atoms with Crippen LogP contribution < -0.4 is 0 Å². The van der Waals surface area contributed by atoms with Gasteiger partial charge in [0.25, 0.3) is 0 Å². The molecule has 0 unspecified atom stereocenters. The molecular weight excluding hydrogens is 1510 g/mol. The lowest BCUT2D eigenvalue weighted by Crippen LogP contribution is -2.30. The first-order valence-electron chi connectivity index (χ1n) is 52.0. The van der Waals surface area contributed by atoms with Crippen molar-refractivity contribution in [2.24, 2.45) is 71.0 Å². The maximum atomic E-state index is 2.79. The van der Waals surface area contributed by atoms with Crippen molar-refractivity contribution >= 4 is 0 Å². The molecule has 0 aromatic heterocycles. The van der Waals surface area contributed by atoms with Crippen LogP contribution in [-0.4, -0.2) is 0 Å². The molecule has 0 saturated heterocycles. The molecule has 5 aliphatic rings. The van der Waals surface area contributed by atoms with E-state index in [9.17, 15) is 0 Å². The molecule has 0 saturated carbocycles. The average molecular weight is 1680 g/mol. The molecule has 0 fully saturated rings. The van der Waals surface area contributed by atoms with Gasteiger partial charge in [0.15, 0.2) is 0 Å². The van der Waals surface area contributed by atoms with Crippen LogP contribution in [0.3, 0.4) is 0 Å². The summed E-state index contributed by atoms with van der Waals surface area (Å²) in [5.41, 5.74) is 42.2. The van der Waals surface area contributed by atoms with E-state index in [4.69, 9.17) is 0 Å². The van der Waals surface area contributed by atoms with E-state index >= 15 is 0 Å². The van der Waals surface area contributed by atoms with Gasteiger partial charge in [0, 0.05) is 27.1 Å². The van der Waals surface area contributed by atoms with E-state index in [-0.39, 0.29) is 27.1 Å². The number of hydrogen-bond acceptors (Lipinski definition) is 0. The summed E-state index contributed by atoms with van der Waals surface area (Å²) < 4.78 is 0. The Bertz CT molecular complexity index is 5390. The van der Waals surface area contributed by atoms with Crippen LogP contribution in [0.5, 0.6) is 0 Å². The zero-order chi connectivity index (χ0) is 89.5. The number of aryl methyl sites for hydroxylation is 1. The Morgan fingerprint density at radius 2 is 0.389 bits per heavy atom. The summed E-state index contributed by atoms with van der Waals surface area (Å²) in [5.74, 6) is 7.39. The second-order valence-electron chi connectivity index (χ2n) is 44.8. The molecule has 0 nitrogen and oxygen atoms in total. The predicted molar refractivity (Wildman–Crippen MR) is 551 cm³/mol. The topological polar surface area (TPSA) is 0 Å². The van der Waals surface area contributed by atoms with Gasteiger partial charge in [-0.25, -0.2) is 0 Å². The minimum Gasteiger partial charge on any atom is -0.0651 e. The van der Waals surface area contributed by atoms with Gasteiger partial charge in [0.2, 0.25) is 0 Å². The van der Waals surface area contributed by atoms with E-state index in [1.807, 2.05) is 0 Å². The highest BCUT2D eigenvalue weighted by Gasteiger charge is 2.51. The molecule has 0 radical (unpaired) electrons. The fourth-order valence-electron chi connectivity index (χ4n) is 25.7. The van der Waals surface area contributed by atoms with Gasteiger partial charge >= 0.3 is 0 Å². The number of benzene rings is 10. The van der Waals surface area contributed by atoms with Crippen molar-refractivity contribution in [2.75, 3.05) is 0 Å². The molecule has 15 rings (SSSR count). The van der Waals surface area contributed by atoms with Crippen molar-refractivity contribution in [3.63, 3.8) is 0 Å². The van der Waals surface area contributed by atoms with Crippen molar-refractivity contribution in [3.8, 4) is 100 Å². The minimum absolute atomic E-state index is 0.0130. The highest BCUT2D eigenvalue weighted by atomic mass is 14.5. The quantitative estimate of drug-likeness (QED) is 0.0358. The molecule has 5 aliphatic carbocycles. The van der Waals surface area contributed by atoms with Crippen LogP contribution in [0.4, 0.5) is 0 Å². The average Bonchev–Trinajstić information content (AvgIpc) is 1.56. The van der Waals surface area contributed by atoms with Gasteiger partial charge in [0.1, 0.15) is 0 Å². The highest BCUT2D eigenvalue weighted by molar-refractivity contribution is 5.93. The first-order chi connectivity index (χ1) is 60.6. The fourth-order valence-corrected chi connectivity index (χ4v) is 25.7. The van der Waals surface area contributed by atoms with E-state index < -0.39 is 0 Å². The molecule has 0 aliphatic heterocycles. The van der Waals surface area contributed by atoms with Crippen molar-refractivity contribution in [3.05, 3.63) is 249 Å². The van der Waals surface area contributed by atoms with Crippen LogP contribution in [0.15, 0.2) is 188 Å². The third-order valence-electron chi connectivity index (χ3n) is 34.4. The molecule has 0 spiro atoms. The molecule has 668 valence electrons. The van der Waals surface area contributed by atoms with Gasteiger partial charge in [-0.15, -0.1) is 0 Å². The summed E-state index contributed by atoms with van der Waals surface area (Å²) in [6, 6.07) is 79.8. The van der Waals surface area contributed by atoms with E-state index in [2.05, 4.69) is 347 Å². The second kappa shape index (κ2) is 38.7. The maximum Gasteiger partial charge on any atom is 0.0220 e. The molecule has 0 N–H and O–H groups in total. The molecule has 126 heavy (non-hydrogen) atoms. The van der Waals surface area contributed by atoms with Gasteiger partial charge in [-0.3, -0.25) is 0 Å². The number of hydrogen-bond donors (Lipinski definition) is 0. The smallest absolute Gasteiger partial charge is 0.0220 e. The van der Waals surface area contributed by atoms with Crippen LogP contribution in [-0.2, 0) is 27.1 Å². The highest BCUT2D eigenvalue weighted by Crippen LogP contribution is 2.64. The summed E-state index contributed by atoms with van der Waals surface area (Å²) >= 11 is 0. The van der Waals surface area contributed by atoms with Crippen LogP contribution in [0.1, 0.15) is 380 Å². The predicted octanol–water partition coefficient (Wildman–Crippen LogP) is 38.0. The molecule has 0 amide bonds. The largest absolute Gasteiger partial charge is 0.0651 e. The number of rotatable bonds is 42. The molecule has 10 aromatic rings. The van der Waals surface area contributed by atoms with E-state index in [1.165, 1.54) is 221 Å². The van der Waals surface area contributed by atoms with Crippen molar-refractivity contribution in [1.82, 2.24) is 0 Å². The number of fused-ring (bicyclic) bond motifs is 15. The first-order valence-corrected chi connectivity index (χ1v) is 52.0. The van der Waals surface area contributed by atoms with Gasteiger partial charge in [-0.2, -0.15) is 0 Å². The minimum atomic E-state index is -0.170. The summed E-state index contributed by atoms with van der Waals surface area (Å²) in [4.78, 5) is 0. The summed E-state index contributed by atoms with van der Waals surface area (Å²) in [6.45, 7) is 56.9. The lowest BCUT2D eigenvalue weighted by atomic mass is 9.65. The summed E-state index contributed by atoms with van der Waals surface area (Å²) in [5, 5.41) is 0. The van der Waals surface area contributed by atoms with Crippen LogP contribution in [0.2, 0.25) is 0 Å². The third-order valence-corrected chi connectivity index (χ3v) is 34.4. The van der Waals surface area contributed by atoms with E-state index in [0.29, 0.717) is 59.2 Å². The summed E-state index contributed by atoms with van der Waals surface area (Å²) in [7, 11) is 0. The van der Waals surface area contributed by atoms with Crippen LogP contribution >= 0.6 is 0 Å². The van der Waals surface area contributed by atoms with Gasteiger partial charge in [0.05, 0.1) is 0 Å². The standard InChI is InChI=1S/C126H164/c1-24-83(13)73-123(74-84(14)25-2)112-41-33-32-40-102(112)104-52-43-96(67-116(104)123)99-48-57-109-111-59-50-101(72-121(111)126(119(109)70-99,79-89(19)30-7)80-90(20)31-8)100-49-58-110-108-56-47-98(69-118(108)125(120(110)71-100,77-87(17)28-5)78-88(18)29-6)95-45-54-106-105-53-44-94(97-46-55-107-103-51-42-93(23)64-113(103)124(117(107)68-97,75-85(15)26-3)76-86(16)27-4)65-114(105)122(115(106)66-95,62-60-91(21)38-34-36-81(9)10)63-61-92(22)39-35-37-82(11)12/h32-33,40-59,64-72,81-92H,24-31,34-39,60-63,73-80H2,1-23H3/t83-,84-,85-,86-,87-,88-,89-,90-,91-,92-/m0/s1. The zero-order valence-corrected chi connectivity index (χ0v) is 83.2. The SMILES string of the molecule is CC[C@H](C)CC1(C[C@@H](C)CC)c2ccccc2-c2ccc(-c3ccc4c(c3)C(C[C@@H](C)CC)(C[C@@H](C)CC)c3cc(-c5ccc6c(c5)C(C[C@@H](C)CC)(C[C@@H](C)CC)c5cc(-c7ccc8c(c7)C(CC[C@@H](C)CCCC(C)C)(CC[C@@H](C)CCCC(C)C)c7cc(-c9ccc%10c(c9)C(C[C@@H](C)CC)(C[C@@H](C)CC)c9cc(C)ccc9-%10)ccc7-8)ccc5-6)ccc3-4)cc21. The van der Waals surface area contributed by atoms with Crippen LogP contribution in [0, 0.1) is 77.9 Å². The van der Waals surface area contributed by atoms with Gasteiger partial charge in [-0.05, 0) is 359 Å². The lowest BCUT2D eigenvalue weighted by molar-refractivity contribution is 0.308. The molecule has 0 heterocycles. The van der Waals surface area contributed by atoms with E-state index in [1.54, 1.807) is 55.6 Å². The Morgan fingerprint density at radius 3 is 0.619 bits per heavy atom. The molecule has 0 heteroatoms. The molecule has 0 bridgehead atoms. The fraction of sp³-hybridized carbons (Fsp3) is 0.524. The Labute approximate surface area is 768 Å². The second-order valence-corrected chi connectivity index (χ2v) is 44.8. The van der Waals surface area contributed by atoms with Crippen molar-refractivity contribution < 1.29 is 0 Å². The molecule has 10 aromatic carbocycles. The van der Waals surface area contributed by atoms with Crippen molar-refractivity contribution in [2.45, 2.75) is 353 Å². The first kappa shape index (κ1) is 92.9. The monoisotopic (exact) mass is 1680 g/mol. The third kappa shape index (κ3) is 17.6. The van der Waals surface area contributed by atoms with Crippen molar-refractivity contribution in [1.29, 1.82) is 0 Å². The Hall–Kier alpha value is -7.80. The Morgan fingerprint density at radius 1 is 0.190 bits per heavy atom. The Kier molecular flexibility index (Phi) is 28.5. The van der Waals surface area contributed by atoms with E-state index in [0.717, 1.165) is 63.2 Å². The molecule has 10 atom stereocenters. The van der Waals surface area contributed by atoms with Gasteiger partial charge < -0.3 is 0 Å². The molecular formula is C126H164. The summed E-state index contributed by atoms with van der Waals surface area (Å²) in [6.07, 6.45) is 31.3. The lowest BCUT2D eigenvalue weighted by Gasteiger charge is -2.38. The zero-order valence-electron chi connectivity index (χ0n) is 83.2. The van der Waals surface area contributed by atoms with Gasteiger partial charge in [-0.1, -0.05) is 387 Å².